The van der Waals surface area contributed by atoms with Crippen LogP contribution in [0.4, 0.5) is 0 Å². The molecule has 0 saturated carbocycles. The Balaban J connectivity index is 0.000000921. The van der Waals surface area contributed by atoms with Gasteiger partial charge < -0.3 is 0 Å². The van der Waals surface area contributed by atoms with Crippen molar-refractivity contribution >= 4 is 5.78 Å². The smallest absolute Gasteiger partial charge is 0.132 e. The molecule has 0 heterocycles. The van der Waals surface area contributed by atoms with E-state index in [9.17, 15) is 4.79 Å². The molecule has 1 aromatic rings. The SMILES string of the molecule is CC.CC(=O)C(C)Cc1ccc(C)cc1. The van der Waals surface area contributed by atoms with Gasteiger partial charge in [0.05, 0.1) is 0 Å². The number of carbonyl (C=O) groups excluding carboxylic acids is 1. The van der Waals surface area contributed by atoms with Crippen molar-refractivity contribution in [1.82, 2.24) is 0 Å². The molecule has 0 amide bonds. The third-order valence-electron chi connectivity index (χ3n) is 2.36. The Morgan fingerprint density at radius 3 is 2.07 bits per heavy atom. The molecule has 1 aromatic carbocycles. The number of hydrogen-bond donors (Lipinski definition) is 0. The highest BCUT2D eigenvalue weighted by molar-refractivity contribution is 5.78. The molecule has 0 radical (unpaired) electrons. The average molecular weight is 206 g/mol. The van der Waals surface area contributed by atoms with Crippen LogP contribution in [0.15, 0.2) is 24.3 Å². The minimum Gasteiger partial charge on any atom is -0.300 e. The van der Waals surface area contributed by atoms with Crippen molar-refractivity contribution < 1.29 is 4.79 Å². The summed E-state index contributed by atoms with van der Waals surface area (Å²) in [5.74, 6) is 0.406. The summed E-state index contributed by atoms with van der Waals surface area (Å²) in [5, 5.41) is 0. The number of rotatable bonds is 3. The number of Topliss-reactive ketones (excluding diaryl/α,β-unsaturated/α-hetero) is 1. The van der Waals surface area contributed by atoms with Crippen molar-refractivity contribution in [2.45, 2.75) is 41.0 Å². The predicted molar refractivity (Wildman–Crippen MR) is 66.1 cm³/mol. The van der Waals surface area contributed by atoms with Gasteiger partial charge in [-0.2, -0.15) is 0 Å². The third-order valence-corrected chi connectivity index (χ3v) is 2.36. The fourth-order valence-electron chi connectivity index (χ4n) is 1.22. The number of ketones is 1. The molecule has 0 fully saturated rings. The fourth-order valence-corrected chi connectivity index (χ4v) is 1.22. The summed E-state index contributed by atoms with van der Waals surface area (Å²) in [7, 11) is 0. The summed E-state index contributed by atoms with van der Waals surface area (Å²) in [5.41, 5.74) is 2.51. The largest absolute Gasteiger partial charge is 0.300 e. The highest BCUT2D eigenvalue weighted by Gasteiger charge is 2.07. The van der Waals surface area contributed by atoms with E-state index in [2.05, 4.69) is 31.2 Å². The van der Waals surface area contributed by atoms with Crippen LogP contribution in [0.25, 0.3) is 0 Å². The second-order valence-electron chi connectivity index (χ2n) is 3.70. The minimum absolute atomic E-state index is 0.141. The van der Waals surface area contributed by atoms with Gasteiger partial charge in [-0.25, -0.2) is 0 Å². The Hall–Kier alpha value is -1.11. The van der Waals surface area contributed by atoms with Crippen LogP contribution in [-0.2, 0) is 11.2 Å². The Labute approximate surface area is 93.5 Å². The Morgan fingerprint density at radius 1 is 1.20 bits per heavy atom. The van der Waals surface area contributed by atoms with Gasteiger partial charge in [-0.05, 0) is 25.8 Å². The van der Waals surface area contributed by atoms with Gasteiger partial charge in [0, 0.05) is 5.92 Å². The summed E-state index contributed by atoms with van der Waals surface area (Å²) < 4.78 is 0. The maximum absolute atomic E-state index is 11.0. The van der Waals surface area contributed by atoms with Crippen molar-refractivity contribution in [3.63, 3.8) is 0 Å². The molecule has 1 heteroatoms. The Morgan fingerprint density at radius 2 is 1.67 bits per heavy atom. The lowest BCUT2D eigenvalue weighted by atomic mass is 9.97. The lowest BCUT2D eigenvalue weighted by Crippen LogP contribution is -2.09. The second kappa shape index (κ2) is 7.22. The summed E-state index contributed by atoms with van der Waals surface area (Å²) in [6.45, 7) is 9.69. The summed E-state index contributed by atoms with van der Waals surface area (Å²) in [6, 6.07) is 8.36. The third kappa shape index (κ3) is 5.36. The minimum atomic E-state index is 0.141. The first-order valence-corrected chi connectivity index (χ1v) is 5.65. The van der Waals surface area contributed by atoms with Crippen molar-refractivity contribution in [3.05, 3.63) is 35.4 Å². The molecular weight excluding hydrogens is 184 g/mol. The Bertz CT molecular complexity index is 285. The van der Waals surface area contributed by atoms with E-state index in [1.54, 1.807) is 6.92 Å². The van der Waals surface area contributed by atoms with Crippen LogP contribution in [0.2, 0.25) is 0 Å². The number of hydrogen-bond acceptors (Lipinski definition) is 1. The standard InChI is InChI=1S/C12H16O.C2H6/c1-9-4-6-12(7-5-9)8-10(2)11(3)13;1-2/h4-7,10H,8H2,1-3H3;1-2H3. The predicted octanol–water partition coefficient (Wildman–Crippen LogP) is 3.79. The van der Waals surface area contributed by atoms with Gasteiger partial charge in [0.25, 0.3) is 0 Å². The Kier molecular flexibility index (Phi) is 6.68. The van der Waals surface area contributed by atoms with E-state index in [0.29, 0.717) is 0 Å². The van der Waals surface area contributed by atoms with E-state index in [1.165, 1.54) is 11.1 Å². The molecule has 1 atom stereocenters. The molecule has 0 aliphatic rings. The van der Waals surface area contributed by atoms with Gasteiger partial charge in [-0.1, -0.05) is 50.6 Å². The molecule has 1 nitrogen and oxygen atoms in total. The van der Waals surface area contributed by atoms with Crippen LogP contribution in [-0.4, -0.2) is 5.78 Å². The lowest BCUT2D eigenvalue weighted by molar-refractivity contribution is -0.120. The molecule has 0 aromatic heterocycles. The molecule has 1 unspecified atom stereocenters. The zero-order valence-corrected chi connectivity index (χ0v) is 10.5. The molecule has 0 bridgehead atoms. The normalized spacial score (nSPS) is 11.3. The van der Waals surface area contributed by atoms with Crippen LogP contribution in [0, 0.1) is 12.8 Å². The lowest BCUT2D eigenvalue weighted by Gasteiger charge is -2.07. The zero-order chi connectivity index (χ0) is 11.8. The molecule has 84 valence electrons. The van der Waals surface area contributed by atoms with E-state index in [4.69, 9.17) is 0 Å². The zero-order valence-electron chi connectivity index (χ0n) is 10.5. The van der Waals surface area contributed by atoms with E-state index in [0.717, 1.165) is 6.42 Å². The first-order chi connectivity index (χ1) is 7.09. The maximum atomic E-state index is 11.0. The number of benzene rings is 1. The van der Waals surface area contributed by atoms with Crippen molar-refractivity contribution in [3.8, 4) is 0 Å². The molecule has 0 saturated heterocycles. The monoisotopic (exact) mass is 206 g/mol. The van der Waals surface area contributed by atoms with Crippen LogP contribution in [0.1, 0.15) is 38.8 Å². The first-order valence-electron chi connectivity index (χ1n) is 5.65. The van der Waals surface area contributed by atoms with Gasteiger partial charge >= 0.3 is 0 Å². The van der Waals surface area contributed by atoms with Crippen LogP contribution >= 0.6 is 0 Å². The molecular formula is C14H22O. The molecule has 0 spiro atoms. The van der Waals surface area contributed by atoms with E-state index in [-0.39, 0.29) is 11.7 Å². The van der Waals surface area contributed by atoms with Gasteiger partial charge in [0.1, 0.15) is 5.78 Å². The van der Waals surface area contributed by atoms with E-state index in [1.807, 2.05) is 20.8 Å². The van der Waals surface area contributed by atoms with Gasteiger partial charge in [0.15, 0.2) is 0 Å². The molecule has 1 rings (SSSR count). The van der Waals surface area contributed by atoms with Crippen molar-refractivity contribution in [2.75, 3.05) is 0 Å². The van der Waals surface area contributed by atoms with Crippen LogP contribution < -0.4 is 0 Å². The maximum Gasteiger partial charge on any atom is 0.132 e. The summed E-state index contributed by atoms with van der Waals surface area (Å²) in [6.07, 6.45) is 0.857. The van der Waals surface area contributed by atoms with Gasteiger partial charge in [-0.3, -0.25) is 4.79 Å². The molecule has 15 heavy (non-hydrogen) atoms. The quantitative estimate of drug-likeness (QED) is 0.735. The van der Waals surface area contributed by atoms with Crippen molar-refractivity contribution in [1.29, 1.82) is 0 Å². The van der Waals surface area contributed by atoms with Gasteiger partial charge in [0.2, 0.25) is 0 Å². The number of carbonyl (C=O) groups is 1. The highest BCUT2D eigenvalue weighted by Crippen LogP contribution is 2.10. The molecule has 0 aliphatic heterocycles. The average Bonchev–Trinajstić information content (AvgIpc) is 2.24. The number of aryl methyl sites for hydroxylation is 1. The van der Waals surface area contributed by atoms with Gasteiger partial charge in [-0.15, -0.1) is 0 Å². The van der Waals surface area contributed by atoms with Crippen LogP contribution in [0.5, 0.6) is 0 Å². The van der Waals surface area contributed by atoms with Crippen LogP contribution in [0.3, 0.4) is 0 Å². The summed E-state index contributed by atoms with van der Waals surface area (Å²) in [4.78, 5) is 11.0. The second-order valence-corrected chi connectivity index (χ2v) is 3.70. The first kappa shape index (κ1) is 13.9. The van der Waals surface area contributed by atoms with Crippen molar-refractivity contribution in [2.24, 2.45) is 5.92 Å². The highest BCUT2D eigenvalue weighted by atomic mass is 16.1. The van der Waals surface area contributed by atoms with E-state index >= 15 is 0 Å². The molecule has 0 aliphatic carbocycles. The molecule has 0 N–H and O–H groups in total. The van der Waals surface area contributed by atoms with E-state index < -0.39 is 0 Å². The topological polar surface area (TPSA) is 17.1 Å². The summed E-state index contributed by atoms with van der Waals surface area (Å²) >= 11 is 0. The fraction of sp³-hybridized carbons (Fsp3) is 0.500.